The second-order valence-electron chi connectivity index (χ2n) is 1.54. The zero-order chi connectivity index (χ0) is 6.57. The molecule has 46 valence electrons. The summed E-state index contributed by atoms with van der Waals surface area (Å²) in [5, 5.41) is 0. The molecule has 0 aliphatic heterocycles. The number of rotatable bonds is 1. The van der Waals surface area contributed by atoms with Gasteiger partial charge in [0.2, 0.25) is 0 Å². The van der Waals surface area contributed by atoms with Crippen molar-refractivity contribution < 1.29 is 0 Å². The minimum Gasteiger partial charge on any atom is -0.402 e. The highest BCUT2D eigenvalue weighted by molar-refractivity contribution is 5.91. The number of hydrogen-bond donors (Lipinski definition) is 2. The molecule has 0 amide bonds. The molecule has 3 heteroatoms. The van der Waals surface area contributed by atoms with Crippen molar-refractivity contribution in [1.82, 2.24) is 0 Å². The molecule has 0 aliphatic carbocycles. The van der Waals surface area contributed by atoms with Crippen LogP contribution in [0.5, 0.6) is 0 Å². The topological polar surface area (TPSA) is 64.4 Å². The standard InChI is InChI=1S/C5H11N3/c1-4(6)3-5(7)8-2/h3H,6H2,1-2H3,(H2,7,8)/b4-3+. The quantitative estimate of drug-likeness (QED) is 0.366. The molecular formula is C5H11N3. The highest BCUT2D eigenvalue weighted by Crippen LogP contribution is 1.77. The Morgan fingerprint density at radius 1 is 1.50 bits per heavy atom. The van der Waals surface area contributed by atoms with E-state index in [0.717, 1.165) is 0 Å². The second kappa shape index (κ2) is 3.07. The van der Waals surface area contributed by atoms with E-state index in [1.165, 1.54) is 0 Å². The maximum atomic E-state index is 5.27. The minimum absolute atomic E-state index is 0.463. The summed E-state index contributed by atoms with van der Waals surface area (Å²) in [5.41, 5.74) is 11.2. The van der Waals surface area contributed by atoms with E-state index in [9.17, 15) is 0 Å². The summed E-state index contributed by atoms with van der Waals surface area (Å²) < 4.78 is 0. The molecule has 0 aliphatic rings. The average molecular weight is 113 g/mol. The maximum Gasteiger partial charge on any atom is 0.119 e. The molecular weight excluding hydrogens is 102 g/mol. The van der Waals surface area contributed by atoms with Gasteiger partial charge in [0, 0.05) is 12.7 Å². The van der Waals surface area contributed by atoms with Crippen molar-refractivity contribution in [3.63, 3.8) is 0 Å². The third-order valence-corrected chi connectivity index (χ3v) is 0.634. The zero-order valence-electron chi connectivity index (χ0n) is 5.18. The molecule has 0 saturated heterocycles. The van der Waals surface area contributed by atoms with Gasteiger partial charge in [0.05, 0.1) is 0 Å². The zero-order valence-corrected chi connectivity index (χ0v) is 5.18. The van der Waals surface area contributed by atoms with E-state index in [-0.39, 0.29) is 0 Å². The number of nitrogens with two attached hydrogens (primary N) is 2. The summed E-state index contributed by atoms with van der Waals surface area (Å²) in [4.78, 5) is 3.67. The Morgan fingerprint density at radius 3 is 2.12 bits per heavy atom. The SMILES string of the molecule is CN=C(N)/C=C(\C)N. The molecule has 0 fully saturated rings. The molecule has 0 heterocycles. The predicted molar refractivity (Wildman–Crippen MR) is 35.5 cm³/mol. The molecule has 4 N–H and O–H groups in total. The van der Waals surface area contributed by atoms with Crippen molar-refractivity contribution in [1.29, 1.82) is 0 Å². The van der Waals surface area contributed by atoms with E-state index in [1.807, 2.05) is 0 Å². The first kappa shape index (κ1) is 7.01. The predicted octanol–water partition coefficient (Wildman–Crippen LogP) is -0.164. The van der Waals surface area contributed by atoms with Crippen LogP contribution in [0.1, 0.15) is 6.92 Å². The normalized spacial score (nSPS) is 14.2. The molecule has 3 nitrogen and oxygen atoms in total. The first-order valence-corrected chi connectivity index (χ1v) is 2.33. The fraction of sp³-hybridized carbons (Fsp3) is 0.400. The van der Waals surface area contributed by atoms with E-state index in [4.69, 9.17) is 11.5 Å². The number of hydrogen-bond acceptors (Lipinski definition) is 2. The molecule has 0 radical (unpaired) electrons. The van der Waals surface area contributed by atoms with E-state index in [2.05, 4.69) is 4.99 Å². The van der Waals surface area contributed by atoms with Gasteiger partial charge in [-0.05, 0) is 13.0 Å². The lowest BCUT2D eigenvalue weighted by Gasteiger charge is -1.88. The van der Waals surface area contributed by atoms with E-state index in [1.54, 1.807) is 20.0 Å². The van der Waals surface area contributed by atoms with Crippen LogP contribution in [0.25, 0.3) is 0 Å². The Kier molecular flexibility index (Phi) is 2.69. The lowest BCUT2D eigenvalue weighted by Crippen LogP contribution is -2.09. The average Bonchev–Trinajstić information content (AvgIpc) is 1.65. The molecule has 0 bridgehead atoms. The Hall–Kier alpha value is -0.990. The Balaban J connectivity index is 3.89. The van der Waals surface area contributed by atoms with Crippen molar-refractivity contribution in [3.05, 3.63) is 11.8 Å². The van der Waals surface area contributed by atoms with Gasteiger partial charge in [-0.3, -0.25) is 4.99 Å². The number of allylic oxidation sites excluding steroid dienone is 1. The van der Waals surface area contributed by atoms with Gasteiger partial charge in [-0.15, -0.1) is 0 Å². The monoisotopic (exact) mass is 113 g/mol. The maximum absolute atomic E-state index is 5.27. The van der Waals surface area contributed by atoms with Gasteiger partial charge in [0.1, 0.15) is 5.84 Å². The Morgan fingerprint density at radius 2 is 2.00 bits per heavy atom. The molecule has 0 rings (SSSR count). The summed E-state index contributed by atoms with van der Waals surface area (Å²) in [6.07, 6.45) is 1.61. The fourth-order valence-corrected chi connectivity index (χ4v) is 0.298. The number of nitrogens with zero attached hydrogens (tertiary/aromatic N) is 1. The third-order valence-electron chi connectivity index (χ3n) is 0.634. The summed E-state index contributed by atoms with van der Waals surface area (Å²) in [7, 11) is 1.62. The van der Waals surface area contributed by atoms with Crippen molar-refractivity contribution >= 4 is 5.84 Å². The van der Waals surface area contributed by atoms with Crippen molar-refractivity contribution in [2.45, 2.75) is 6.92 Å². The van der Waals surface area contributed by atoms with Gasteiger partial charge in [-0.25, -0.2) is 0 Å². The lowest BCUT2D eigenvalue weighted by molar-refractivity contribution is 1.31. The summed E-state index contributed by atoms with van der Waals surface area (Å²) in [5.74, 6) is 0.463. The summed E-state index contributed by atoms with van der Waals surface area (Å²) in [6.45, 7) is 1.76. The van der Waals surface area contributed by atoms with Crippen LogP contribution in [-0.4, -0.2) is 12.9 Å². The van der Waals surface area contributed by atoms with E-state index < -0.39 is 0 Å². The van der Waals surface area contributed by atoms with Crippen LogP contribution in [0.15, 0.2) is 16.8 Å². The minimum atomic E-state index is 0.463. The van der Waals surface area contributed by atoms with Gasteiger partial charge in [0.25, 0.3) is 0 Å². The van der Waals surface area contributed by atoms with Crippen molar-refractivity contribution in [2.24, 2.45) is 16.5 Å². The number of amidine groups is 1. The highest BCUT2D eigenvalue weighted by atomic mass is 14.8. The summed E-state index contributed by atoms with van der Waals surface area (Å²) in [6, 6.07) is 0. The van der Waals surface area contributed by atoms with Crippen molar-refractivity contribution in [2.75, 3.05) is 7.05 Å². The molecule has 0 atom stereocenters. The van der Waals surface area contributed by atoms with Crippen LogP contribution in [0.2, 0.25) is 0 Å². The third kappa shape index (κ3) is 3.21. The van der Waals surface area contributed by atoms with E-state index in [0.29, 0.717) is 11.5 Å². The van der Waals surface area contributed by atoms with Crippen LogP contribution >= 0.6 is 0 Å². The first-order valence-electron chi connectivity index (χ1n) is 2.33. The number of aliphatic imine (C=N–C) groups is 1. The van der Waals surface area contributed by atoms with Gasteiger partial charge in [0.15, 0.2) is 0 Å². The summed E-state index contributed by atoms with van der Waals surface area (Å²) >= 11 is 0. The van der Waals surface area contributed by atoms with Gasteiger partial charge in [-0.1, -0.05) is 0 Å². The van der Waals surface area contributed by atoms with Crippen LogP contribution in [0, 0.1) is 0 Å². The van der Waals surface area contributed by atoms with Gasteiger partial charge in [-0.2, -0.15) is 0 Å². The van der Waals surface area contributed by atoms with E-state index >= 15 is 0 Å². The Labute approximate surface area is 49.1 Å². The van der Waals surface area contributed by atoms with Crippen LogP contribution in [-0.2, 0) is 0 Å². The van der Waals surface area contributed by atoms with Crippen LogP contribution < -0.4 is 11.5 Å². The Bertz CT molecular complexity index is 120. The molecule has 0 spiro atoms. The molecule has 8 heavy (non-hydrogen) atoms. The highest BCUT2D eigenvalue weighted by Gasteiger charge is 1.79. The van der Waals surface area contributed by atoms with Crippen molar-refractivity contribution in [3.8, 4) is 0 Å². The molecule has 0 saturated carbocycles. The molecule has 0 aromatic rings. The fourth-order valence-electron chi connectivity index (χ4n) is 0.298. The molecule has 0 aromatic heterocycles. The van der Waals surface area contributed by atoms with Gasteiger partial charge >= 0.3 is 0 Å². The molecule has 0 unspecified atom stereocenters. The first-order chi connectivity index (χ1) is 3.66. The smallest absolute Gasteiger partial charge is 0.119 e. The molecule has 0 aromatic carbocycles. The lowest BCUT2D eigenvalue weighted by atomic mass is 10.4. The van der Waals surface area contributed by atoms with Crippen LogP contribution in [0.4, 0.5) is 0 Å². The van der Waals surface area contributed by atoms with Gasteiger partial charge < -0.3 is 11.5 Å². The second-order valence-corrected chi connectivity index (χ2v) is 1.54. The van der Waals surface area contributed by atoms with Crippen LogP contribution in [0.3, 0.4) is 0 Å². The largest absolute Gasteiger partial charge is 0.402 e.